The fourth-order valence-corrected chi connectivity index (χ4v) is 3.92. The highest BCUT2D eigenvalue weighted by Gasteiger charge is 2.39. The maximum absolute atomic E-state index is 13.6. The second kappa shape index (κ2) is 7.46. The predicted octanol–water partition coefficient (Wildman–Crippen LogP) is 2.80. The van der Waals surface area contributed by atoms with Gasteiger partial charge in [0, 0.05) is 50.1 Å². The number of fused-ring (bicyclic) bond motifs is 1. The molecule has 0 unspecified atom stereocenters. The summed E-state index contributed by atoms with van der Waals surface area (Å²) in [5.74, 6) is -1.05. The highest BCUT2D eigenvalue weighted by atomic mass is 19.4. The van der Waals surface area contributed by atoms with Gasteiger partial charge in [-0.15, -0.1) is 0 Å². The normalized spacial score (nSPS) is 17.6. The van der Waals surface area contributed by atoms with Crippen molar-refractivity contribution >= 4 is 11.8 Å². The van der Waals surface area contributed by atoms with E-state index >= 15 is 0 Å². The van der Waals surface area contributed by atoms with Crippen LogP contribution in [-0.4, -0.2) is 46.3 Å². The molecular weight excluding hydrogens is 385 g/mol. The number of amides is 2. The third-order valence-electron chi connectivity index (χ3n) is 5.40. The van der Waals surface area contributed by atoms with Crippen LogP contribution in [0.2, 0.25) is 0 Å². The fourth-order valence-electron chi connectivity index (χ4n) is 3.92. The summed E-state index contributed by atoms with van der Waals surface area (Å²) in [6, 6.07) is 4.38. The van der Waals surface area contributed by atoms with Gasteiger partial charge in [0.05, 0.1) is 22.4 Å². The van der Waals surface area contributed by atoms with E-state index in [1.807, 2.05) is 0 Å². The Morgan fingerprint density at radius 3 is 2.66 bits per heavy atom. The Hall–Kier alpha value is -2.97. The molecule has 29 heavy (non-hydrogen) atoms. The summed E-state index contributed by atoms with van der Waals surface area (Å²) in [5, 5.41) is 2.46. The van der Waals surface area contributed by atoms with Crippen molar-refractivity contribution in [3.8, 4) is 0 Å². The van der Waals surface area contributed by atoms with Gasteiger partial charge in [0.15, 0.2) is 0 Å². The van der Waals surface area contributed by atoms with Crippen LogP contribution in [-0.2, 0) is 12.6 Å². The highest BCUT2D eigenvalue weighted by molar-refractivity contribution is 5.98. The lowest BCUT2D eigenvalue weighted by atomic mass is 9.89. The molecule has 1 fully saturated rings. The molecule has 152 valence electrons. The summed E-state index contributed by atoms with van der Waals surface area (Å²) in [4.78, 5) is 34.6. The largest absolute Gasteiger partial charge is 0.417 e. The van der Waals surface area contributed by atoms with Gasteiger partial charge in [-0.2, -0.15) is 13.2 Å². The van der Waals surface area contributed by atoms with E-state index in [1.54, 1.807) is 23.2 Å². The Morgan fingerprint density at radius 2 is 2.00 bits per heavy atom. The maximum atomic E-state index is 13.6. The molecule has 0 aliphatic carbocycles. The van der Waals surface area contributed by atoms with Crippen molar-refractivity contribution < 1.29 is 22.8 Å². The Balaban J connectivity index is 1.56. The van der Waals surface area contributed by atoms with Crippen LogP contribution in [0.15, 0.2) is 30.6 Å². The van der Waals surface area contributed by atoms with Gasteiger partial charge < -0.3 is 10.2 Å². The van der Waals surface area contributed by atoms with Crippen molar-refractivity contribution in [2.45, 2.75) is 31.4 Å². The van der Waals surface area contributed by atoms with Crippen molar-refractivity contribution in [2.75, 3.05) is 19.6 Å². The Labute approximate surface area is 165 Å². The van der Waals surface area contributed by atoms with Crippen LogP contribution in [0.1, 0.15) is 56.4 Å². The molecule has 2 aromatic heterocycles. The standard InChI is InChI=1S/C20H19F3N4O2/c21-20(22,23)14-10-16(26-15-3-7-25-18(28)17(14)15)12-4-8-27(9-5-12)19(29)13-2-1-6-24-11-13/h1-2,6,10-12H,3-5,7-9H2,(H,25,28). The number of nitrogens with one attached hydrogen (secondary N) is 1. The lowest BCUT2D eigenvalue weighted by Gasteiger charge is -2.32. The lowest BCUT2D eigenvalue weighted by molar-refractivity contribution is -0.138. The van der Waals surface area contributed by atoms with E-state index in [2.05, 4.69) is 15.3 Å². The number of hydrogen-bond donors (Lipinski definition) is 1. The SMILES string of the molecule is O=C1NCCc2nc(C3CCN(C(=O)c4cccnc4)CC3)cc(C(F)(F)F)c21. The zero-order valence-electron chi connectivity index (χ0n) is 15.5. The molecule has 6 nitrogen and oxygen atoms in total. The molecule has 2 aromatic rings. The van der Waals surface area contributed by atoms with Gasteiger partial charge in [-0.05, 0) is 31.0 Å². The van der Waals surface area contributed by atoms with Crippen molar-refractivity contribution in [1.82, 2.24) is 20.2 Å². The average Bonchev–Trinajstić information content (AvgIpc) is 2.73. The Kier molecular flexibility index (Phi) is 4.97. The molecule has 0 aromatic carbocycles. The lowest BCUT2D eigenvalue weighted by Crippen LogP contribution is -2.39. The van der Waals surface area contributed by atoms with E-state index in [9.17, 15) is 22.8 Å². The van der Waals surface area contributed by atoms with Gasteiger partial charge in [0.25, 0.3) is 11.8 Å². The second-order valence-corrected chi connectivity index (χ2v) is 7.23. The van der Waals surface area contributed by atoms with Crippen molar-refractivity contribution in [3.63, 3.8) is 0 Å². The van der Waals surface area contributed by atoms with E-state index in [0.717, 1.165) is 6.07 Å². The average molecular weight is 404 g/mol. The zero-order valence-corrected chi connectivity index (χ0v) is 15.5. The molecule has 2 aliphatic rings. The number of nitrogens with zero attached hydrogens (tertiary/aromatic N) is 3. The highest BCUT2D eigenvalue weighted by Crippen LogP contribution is 2.37. The van der Waals surface area contributed by atoms with E-state index < -0.39 is 17.6 Å². The van der Waals surface area contributed by atoms with E-state index in [1.165, 1.54) is 6.20 Å². The van der Waals surface area contributed by atoms with E-state index in [-0.39, 0.29) is 36.0 Å². The first-order valence-electron chi connectivity index (χ1n) is 9.43. The molecule has 0 atom stereocenters. The third kappa shape index (κ3) is 3.81. The summed E-state index contributed by atoms with van der Waals surface area (Å²) >= 11 is 0. The van der Waals surface area contributed by atoms with E-state index in [0.29, 0.717) is 37.2 Å². The van der Waals surface area contributed by atoms with Gasteiger partial charge in [-0.1, -0.05) is 0 Å². The maximum Gasteiger partial charge on any atom is 0.417 e. The monoisotopic (exact) mass is 404 g/mol. The van der Waals surface area contributed by atoms with E-state index in [4.69, 9.17) is 0 Å². The van der Waals surface area contributed by atoms with Gasteiger partial charge >= 0.3 is 6.18 Å². The molecule has 2 amide bonds. The Morgan fingerprint density at radius 1 is 1.24 bits per heavy atom. The zero-order chi connectivity index (χ0) is 20.6. The number of halogens is 3. The molecule has 0 bridgehead atoms. The number of alkyl halides is 3. The fraction of sp³-hybridized carbons (Fsp3) is 0.400. The van der Waals surface area contributed by atoms with Gasteiger partial charge in [0.1, 0.15) is 0 Å². The third-order valence-corrected chi connectivity index (χ3v) is 5.40. The van der Waals surface area contributed by atoms with Crippen molar-refractivity contribution in [2.24, 2.45) is 0 Å². The number of piperidine rings is 1. The number of carbonyl (C=O) groups is 2. The van der Waals surface area contributed by atoms with Crippen LogP contribution in [0.4, 0.5) is 13.2 Å². The number of pyridine rings is 2. The van der Waals surface area contributed by atoms with Gasteiger partial charge in [0.2, 0.25) is 0 Å². The van der Waals surface area contributed by atoms with Crippen LogP contribution in [0.3, 0.4) is 0 Å². The van der Waals surface area contributed by atoms with Gasteiger partial charge in [-0.3, -0.25) is 19.6 Å². The number of likely N-dealkylation sites (tertiary alicyclic amines) is 1. The van der Waals surface area contributed by atoms with Crippen molar-refractivity contribution in [3.05, 3.63) is 58.7 Å². The number of rotatable bonds is 2. The molecule has 9 heteroatoms. The molecule has 0 spiro atoms. The van der Waals surface area contributed by atoms with Crippen molar-refractivity contribution in [1.29, 1.82) is 0 Å². The topological polar surface area (TPSA) is 75.2 Å². The number of aromatic nitrogens is 2. The predicted molar refractivity (Wildman–Crippen MR) is 97.4 cm³/mol. The first-order valence-corrected chi connectivity index (χ1v) is 9.43. The molecule has 2 aliphatic heterocycles. The number of carbonyl (C=O) groups excluding carboxylic acids is 2. The molecule has 0 radical (unpaired) electrons. The quantitative estimate of drug-likeness (QED) is 0.835. The van der Waals surface area contributed by atoms with Crippen LogP contribution >= 0.6 is 0 Å². The minimum atomic E-state index is -4.63. The first kappa shape index (κ1) is 19.4. The summed E-state index contributed by atoms with van der Waals surface area (Å²) in [5.41, 5.74) is -0.254. The first-order chi connectivity index (χ1) is 13.8. The molecule has 4 heterocycles. The summed E-state index contributed by atoms with van der Waals surface area (Å²) in [6.07, 6.45) is -0.240. The minimum Gasteiger partial charge on any atom is -0.352 e. The van der Waals surface area contributed by atoms with Crippen LogP contribution in [0.25, 0.3) is 0 Å². The minimum absolute atomic E-state index is 0.136. The summed E-state index contributed by atoms with van der Waals surface area (Å²) in [6.45, 7) is 1.13. The summed E-state index contributed by atoms with van der Waals surface area (Å²) < 4.78 is 40.8. The van der Waals surface area contributed by atoms with Crippen LogP contribution in [0.5, 0.6) is 0 Å². The molecule has 1 saturated heterocycles. The smallest absolute Gasteiger partial charge is 0.352 e. The molecule has 0 saturated carbocycles. The molecular formula is C20H19F3N4O2. The number of hydrogen-bond acceptors (Lipinski definition) is 4. The molecule has 4 rings (SSSR count). The van der Waals surface area contributed by atoms with Crippen LogP contribution < -0.4 is 5.32 Å². The van der Waals surface area contributed by atoms with Crippen LogP contribution in [0, 0.1) is 0 Å². The molecule has 1 N–H and O–H groups in total. The summed E-state index contributed by atoms with van der Waals surface area (Å²) in [7, 11) is 0. The second-order valence-electron chi connectivity index (χ2n) is 7.23. The Bertz CT molecular complexity index is 939. The van der Waals surface area contributed by atoms with Gasteiger partial charge in [-0.25, -0.2) is 0 Å².